The molecule has 0 saturated carbocycles. The second kappa shape index (κ2) is 8.76. The highest BCUT2D eigenvalue weighted by Crippen LogP contribution is 2.39. The molecule has 0 spiro atoms. The van der Waals surface area contributed by atoms with E-state index >= 15 is 0 Å². The monoisotopic (exact) mass is 431 g/mol. The highest BCUT2D eigenvalue weighted by Gasteiger charge is 2.46. The number of aliphatic hydroxyl groups excluding tert-OH is 1. The number of aliphatic hydroxyl groups is 1. The summed E-state index contributed by atoms with van der Waals surface area (Å²) in [5.74, 6) is -1.55. The lowest BCUT2D eigenvalue weighted by Crippen LogP contribution is -2.35. The average Bonchev–Trinajstić information content (AvgIpc) is 3.30. The van der Waals surface area contributed by atoms with E-state index in [1.54, 1.807) is 29.2 Å². The third-order valence-electron chi connectivity index (χ3n) is 5.62. The molecule has 164 valence electrons. The number of hydrogen-bond acceptors (Lipinski definition) is 6. The Balaban J connectivity index is 1.83. The summed E-state index contributed by atoms with van der Waals surface area (Å²) in [5.41, 5.74) is 2.70. The summed E-state index contributed by atoms with van der Waals surface area (Å²) < 4.78 is 1.69. The number of rotatable bonds is 6. The van der Waals surface area contributed by atoms with E-state index in [2.05, 4.69) is 10.1 Å². The molecule has 0 bridgehead atoms. The predicted molar refractivity (Wildman–Crippen MR) is 120 cm³/mol. The zero-order valence-corrected chi connectivity index (χ0v) is 18.3. The lowest BCUT2D eigenvalue weighted by molar-refractivity contribution is -0.140. The maximum Gasteiger partial charge on any atom is 0.295 e. The van der Waals surface area contributed by atoms with Crippen molar-refractivity contribution in [2.45, 2.75) is 13.0 Å². The summed E-state index contributed by atoms with van der Waals surface area (Å²) in [6, 6.07) is 12.3. The summed E-state index contributed by atoms with van der Waals surface area (Å²) in [6.45, 7) is 2.75. The van der Waals surface area contributed by atoms with Crippen LogP contribution >= 0.6 is 0 Å². The topological polar surface area (TPSA) is 91.6 Å². The maximum absolute atomic E-state index is 13.1. The SMILES string of the molecule is Cc1c(C(O)=C2C(=O)C(=O)N(CCN(C)C)[C@H]2c2ccncc2)cnn1-c1ccccc1. The predicted octanol–water partition coefficient (Wildman–Crippen LogP) is 2.56. The Bertz CT molecular complexity index is 1170. The fourth-order valence-electron chi connectivity index (χ4n) is 3.93. The molecule has 1 fully saturated rings. The number of aromatic nitrogens is 3. The number of Topliss-reactive ketones (excluding diaryl/α,β-unsaturated/α-hetero) is 1. The molecule has 8 heteroatoms. The molecular formula is C24H25N5O3. The van der Waals surface area contributed by atoms with Crippen molar-refractivity contribution in [3.8, 4) is 5.69 Å². The van der Waals surface area contributed by atoms with Gasteiger partial charge in [0.25, 0.3) is 11.7 Å². The lowest BCUT2D eigenvalue weighted by atomic mass is 9.96. The van der Waals surface area contributed by atoms with E-state index in [0.717, 1.165) is 5.69 Å². The highest BCUT2D eigenvalue weighted by molar-refractivity contribution is 6.46. The molecular weight excluding hydrogens is 406 g/mol. The number of amides is 1. The Hall–Kier alpha value is -3.78. The first kappa shape index (κ1) is 21.5. The third-order valence-corrected chi connectivity index (χ3v) is 5.62. The van der Waals surface area contributed by atoms with Crippen LogP contribution in [0.25, 0.3) is 11.4 Å². The number of pyridine rings is 1. The number of likely N-dealkylation sites (N-methyl/N-ethyl adjacent to an activating group) is 1. The minimum absolute atomic E-state index is 0.0654. The average molecular weight is 431 g/mol. The normalized spacial score (nSPS) is 18.0. The van der Waals surface area contributed by atoms with Crippen LogP contribution in [0.15, 0.2) is 66.6 Å². The molecule has 32 heavy (non-hydrogen) atoms. The minimum Gasteiger partial charge on any atom is -0.507 e. The smallest absolute Gasteiger partial charge is 0.295 e. The Labute approximate surface area is 186 Å². The van der Waals surface area contributed by atoms with E-state index < -0.39 is 17.7 Å². The van der Waals surface area contributed by atoms with Crippen molar-refractivity contribution >= 4 is 17.4 Å². The number of carbonyl (C=O) groups is 2. The molecule has 1 aliphatic heterocycles. The van der Waals surface area contributed by atoms with E-state index in [1.807, 2.05) is 56.3 Å². The Morgan fingerprint density at radius 2 is 1.78 bits per heavy atom. The van der Waals surface area contributed by atoms with E-state index in [1.165, 1.54) is 11.1 Å². The van der Waals surface area contributed by atoms with Crippen LogP contribution in [0.4, 0.5) is 0 Å². The van der Waals surface area contributed by atoms with Crippen LogP contribution in [0.5, 0.6) is 0 Å². The van der Waals surface area contributed by atoms with Gasteiger partial charge in [0.05, 0.1) is 34.8 Å². The van der Waals surface area contributed by atoms with Crippen molar-refractivity contribution in [3.05, 3.63) is 83.4 Å². The number of carbonyl (C=O) groups excluding carboxylic acids is 2. The molecule has 4 rings (SSSR count). The Morgan fingerprint density at radius 3 is 2.44 bits per heavy atom. The van der Waals surface area contributed by atoms with Gasteiger partial charge in [0.1, 0.15) is 5.76 Å². The second-order valence-corrected chi connectivity index (χ2v) is 7.97. The zero-order valence-electron chi connectivity index (χ0n) is 18.3. The number of likely N-dealkylation sites (tertiary alicyclic amines) is 1. The highest BCUT2D eigenvalue weighted by atomic mass is 16.3. The lowest BCUT2D eigenvalue weighted by Gasteiger charge is -2.26. The Kier molecular flexibility index (Phi) is 5.87. The molecule has 1 aliphatic rings. The van der Waals surface area contributed by atoms with Gasteiger partial charge in [-0.3, -0.25) is 14.6 Å². The summed E-state index contributed by atoms with van der Waals surface area (Å²) in [7, 11) is 3.80. The van der Waals surface area contributed by atoms with Gasteiger partial charge in [-0.15, -0.1) is 0 Å². The first-order chi connectivity index (χ1) is 15.4. The van der Waals surface area contributed by atoms with E-state index in [0.29, 0.717) is 29.9 Å². The van der Waals surface area contributed by atoms with Crippen LogP contribution in [-0.4, -0.2) is 68.5 Å². The molecule has 0 unspecified atom stereocenters. The fourth-order valence-corrected chi connectivity index (χ4v) is 3.93. The van der Waals surface area contributed by atoms with Crippen LogP contribution < -0.4 is 0 Å². The van der Waals surface area contributed by atoms with Crippen LogP contribution in [0.2, 0.25) is 0 Å². The summed E-state index contributed by atoms with van der Waals surface area (Å²) in [4.78, 5) is 33.5. The van der Waals surface area contributed by atoms with E-state index in [-0.39, 0.29) is 11.3 Å². The van der Waals surface area contributed by atoms with Crippen LogP contribution in [0, 0.1) is 6.92 Å². The fraction of sp³-hybridized carbons (Fsp3) is 0.250. The van der Waals surface area contributed by atoms with Gasteiger partial charge in [0, 0.05) is 25.5 Å². The molecule has 3 heterocycles. The molecule has 0 aliphatic carbocycles. The van der Waals surface area contributed by atoms with E-state index in [4.69, 9.17) is 0 Å². The minimum atomic E-state index is -0.699. The second-order valence-electron chi connectivity index (χ2n) is 7.97. The molecule has 2 aromatic heterocycles. The molecule has 1 N–H and O–H groups in total. The summed E-state index contributed by atoms with van der Waals surface area (Å²) in [5, 5.41) is 15.7. The molecule has 1 saturated heterocycles. The first-order valence-electron chi connectivity index (χ1n) is 10.3. The van der Waals surface area contributed by atoms with Crippen molar-refractivity contribution in [2.24, 2.45) is 0 Å². The van der Waals surface area contributed by atoms with Crippen LogP contribution in [0.3, 0.4) is 0 Å². The van der Waals surface area contributed by atoms with Crippen molar-refractivity contribution < 1.29 is 14.7 Å². The van der Waals surface area contributed by atoms with Gasteiger partial charge < -0.3 is 14.9 Å². The van der Waals surface area contributed by atoms with Gasteiger partial charge >= 0.3 is 0 Å². The van der Waals surface area contributed by atoms with Crippen molar-refractivity contribution in [1.29, 1.82) is 0 Å². The van der Waals surface area contributed by atoms with Gasteiger partial charge in [-0.05, 0) is 50.8 Å². The van der Waals surface area contributed by atoms with Crippen molar-refractivity contribution in [1.82, 2.24) is 24.6 Å². The number of para-hydroxylation sites is 1. The van der Waals surface area contributed by atoms with Gasteiger partial charge in [0.15, 0.2) is 0 Å². The third kappa shape index (κ3) is 3.80. The van der Waals surface area contributed by atoms with Crippen molar-refractivity contribution in [2.75, 3.05) is 27.2 Å². The standard InChI is InChI=1S/C24H25N5O3/c1-16-19(15-26-29(16)18-7-5-4-6-8-18)22(30)20-21(17-9-11-25-12-10-17)28(14-13-27(2)3)24(32)23(20)31/h4-12,15,21,30H,13-14H2,1-3H3/t21-/m0/s1. The van der Waals surface area contributed by atoms with Crippen molar-refractivity contribution in [3.63, 3.8) is 0 Å². The molecule has 3 aromatic rings. The molecule has 1 atom stereocenters. The molecule has 1 amide bonds. The number of ketones is 1. The quantitative estimate of drug-likeness (QED) is 0.366. The summed E-state index contributed by atoms with van der Waals surface area (Å²) in [6.07, 6.45) is 4.74. The summed E-state index contributed by atoms with van der Waals surface area (Å²) >= 11 is 0. The Morgan fingerprint density at radius 1 is 1.09 bits per heavy atom. The van der Waals surface area contributed by atoms with Gasteiger partial charge in [-0.1, -0.05) is 18.2 Å². The zero-order chi connectivity index (χ0) is 22.8. The van der Waals surface area contributed by atoms with Crippen LogP contribution in [-0.2, 0) is 9.59 Å². The van der Waals surface area contributed by atoms with Crippen LogP contribution in [0.1, 0.15) is 22.9 Å². The van der Waals surface area contributed by atoms with Gasteiger partial charge in [0.2, 0.25) is 0 Å². The molecule has 1 aromatic carbocycles. The van der Waals surface area contributed by atoms with E-state index in [9.17, 15) is 14.7 Å². The number of nitrogens with zero attached hydrogens (tertiary/aromatic N) is 5. The first-order valence-corrected chi connectivity index (χ1v) is 10.3. The number of hydrogen-bond donors (Lipinski definition) is 1. The molecule has 0 radical (unpaired) electrons. The largest absolute Gasteiger partial charge is 0.507 e. The van der Waals surface area contributed by atoms with Gasteiger partial charge in [-0.25, -0.2) is 4.68 Å². The van der Waals surface area contributed by atoms with Gasteiger partial charge in [-0.2, -0.15) is 5.10 Å². The number of benzene rings is 1. The maximum atomic E-state index is 13.1. The molecule has 8 nitrogen and oxygen atoms in total.